The number of aryl methyl sites for hydroxylation is 3. The van der Waals surface area contributed by atoms with E-state index >= 15 is 0 Å². The summed E-state index contributed by atoms with van der Waals surface area (Å²) in [6.45, 7) is 4.22. The fraction of sp³-hybridized carbons (Fsp3) is 0.190. The molecule has 0 unspecified atom stereocenters. The summed E-state index contributed by atoms with van der Waals surface area (Å²) < 4.78 is 1.79. The third-order valence-corrected chi connectivity index (χ3v) is 4.64. The van der Waals surface area contributed by atoms with E-state index < -0.39 is 0 Å². The second-order valence-electron chi connectivity index (χ2n) is 6.73. The molecule has 0 saturated heterocycles. The van der Waals surface area contributed by atoms with Crippen LogP contribution >= 0.6 is 0 Å². The lowest BCUT2D eigenvalue weighted by Gasteiger charge is -2.09. The van der Waals surface area contributed by atoms with E-state index in [2.05, 4.69) is 30.7 Å². The highest BCUT2D eigenvalue weighted by Gasteiger charge is 2.14. The van der Waals surface area contributed by atoms with Crippen LogP contribution in [0.4, 0.5) is 11.5 Å². The van der Waals surface area contributed by atoms with Gasteiger partial charge in [0.25, 0.3) is 5.91 Å². The molecule has 0 aliphatic heterocycles. The maximum atomic E-state index is 12.4. The standard InChI is InChI=1S/C21H21N7O/c1-13-18-19(27-28(13)3)20(25-14(2)24-18)26-16-9-7-15(8-10-16)21(29)23-12-17-6-4-5-11-22-17/h4-11H,12H2,1-3H3,(H,23,29)(H,24,25,26). The fourth-order valence-electron chi connectivity index (χ4n) is 3.00. The Kier molecular flexibility index (Phi) is 4.90. The molecule has 0 spiro atoms. The van der Waals surface area contributed by atoms with Gasteiger partial charge in [-0.3, -0.25) is 14.5 Å². The Labute approximate surface area is 168 Å². The number of hydrogen-bond donors (Lipinski definition) is 2. The number of nitrogens with one attached hydrogen (secondary N) is 2. The van der Waals surface area contributed by atoms with Crippen LogP contribution in [0.15, 0.2) is 48.7 Å². The number of nitrogens with zero attached hydrogens (tertiary/aromatic N) is 5. The minimum atomic E-state index is -0.150. The number of benzene rings is 1. The third-order valence-electron chi connectivity index (χ3n) is 4.64. The topological polar surface area (TPSA) is 97.6 Å². The van der Waals surface area contributed by atoms with Gasteiger partial charge in [-0.15, -0.1) is 0 Å². The molecule has 2 N–H and O–H groups in total. The predicted octanol–water partition coefficient (Wildman–Crippen LogP) is 3.05. The van der Waals surface area contributed by atoms with Crippen LogP contribution < -0.4 is 10.6 Å². The highest BCUT2D eigenvalue weighted by Crippen LogP contribution is 2.24. The Bertz CT molecular complexity index is 1170. The molecule has 0 fully saturated rings. The number of anilines is 2. The molecule has 29 heavy (non-hydrogen) atoms. The van der Waals surface area contributed by atoms with Crippen molar-refractivity contribution >= 4 is 28.4 Å². The van der Waals surface area contributed by atoms with Crippen LogP contribution in [-0.4, -0.2) is 30.6 Å². The summed E-state index contributed by atoms with van der Waals surface area (Å²) in [5.41, 5.74) is 4.72. The first-order valence-corrected chi connectivity index (χ1v) is 9.24. The average Bonchev–Trinajstić information content (AvgIpc) is 3.02. The van der Waals surface area contributed by atoms with Crippen molar-refractivity contribution in [3.63, 3.8) is 0 Å². The zero-order valence-electron chi connectivity index (χ0n) is 16.5. The SMILES string of the molecule is Cc1nc(Nc2ccc(C(=O)NCc3ccccn3)cc2)c2nn(C)c(C)c2n1. The van der Waals surface area contributed by atoms with Crippen molar-refractivity contribution in [2.24, 2.45) is 7.05 Å². The minimum Gasteiger partial charge on any atom is -0.346 e. The van der Waals surface area contributed by atoms with Crippen LogP contribution in [0, 0.1) is 13.8 Å². The van der Waals surface area contributed by atoms with Gasteiger partial charge in [0.15, 0.2) is 11.3 Å². The molecule has 8 nitrogen and oxygen atoms in total. The second-order valence-corrected chi connectivity index (χ2v) is 6.73. The zero-order chi connectivity index (χ0) is 20.4. The normalized spacial score (nSPS) is 10.9. The summed E-state index contributed by atoms with van der Waals surface area (Å²) in [7, 11) is 1.88. The Balaban J connectivity index is 1.49. The van der Waals surface area contributed by atoms with Crippen LogP contribution in [0.3, 0.4) is 0 Å². The smallest absolute Gasteiger partial charge is 0.251 e. The van der Waals surface area contributed by atoms with Crippen molar-refractivity contribution in [1.29, 1.82) is 0 Å². The molecular formula is C21H21N7O. The lowest BCUT2D eigenvalue weighted by Crippen LogP contribution is -2.23. The molecule has 0 radical (unpaired) electrons. The molecule has 0 aliphatic rings. The van der Waals surface area contributed by atoms with Crippen molar-refractivity contribution in [1.82, 2.24) is 30.0 Å². The third kappa shape index (κ3) is 3.91. The highest BCUT2D eigenvalue weighted by molar-refractivity contribution is 5.95. The number of fused-ring (bicyclic) bond motifs is 1. The Morgan fingerprint density at radius 1 is 1.03 bits per heavy atom. The lowest BCUT2D eigenvalue weighted by atomic mass is 10.2. The summed E-state index contributed by atoms with van der Waals surface area (Å²) >= 11 is 0. The summed E-state index contributed by atoms with van der Waals surface area (Å²) in [5, 5.41) is 10.7. The van der Waals surface area contributed by atoms with Gasteiger partial charge >= 0.3 is 0 Å². The summed E-state index contributed by atoms with van der Waals surface area (Å²) in [6, 6.07) is 12.8. The van der Waals surface area contributed by atoms with Gasteiger partial charge in [-0.2, -0.15) is 5.10 Å². The number of aromatic nitrogens is 5. The van der Waals surface area contributed by atoms with E-state index in [1.807, 2.05) is 51.2 Å². The van der Waals surface area contributed by atoms with E-state index in [4.69, 9.17) is 0 Å². The number of rotatable bonds is 5. The maximum absolute atomic E-state index is 12.4. The summed E-state index contributed by atoms with van der Waals surface area (Å²) in [6.07, 6.45) is 1.71. The Morgan fingerprint density at radius 2 is 1.83 bits per heavy atom. The molecule has 0 saturated carbocycles. The largest absolute Gasteiger partial charge is 0.346 e. The Morgan fingerprint density at radius 3 is 2.55 bits per heavy atom. The molecule has 0 atom stereocenters. The van der Waals surface area contributed by atoms with Crippen LogP contribution in [0.1, 0.15) is 27.6 Å². The molecule has 1 aromatic carbocycles. The van der Waals surface area contributed by atoms with Gasteiger partial charge in [0, 0.05) is 24.5 Å². The van der Waals surface area contributed by atoms with E-state index in [1.54, 1.807) is 23.0 Å². The van der Waals surface area contributed by atoms with Crippen LogP contribution in [-0.2, 0) is 13.6 Å². The molecule has 0 bridgehead atoms. The van der Waals surface area contributed by atoms with Gasteiger partial charge in [0.2, 0.25) is 0 Å². The van der Waals surface area contributed by atoms with Gasteiger partial charge < -0.3 is 10.6 Å². The molecule has 3 heterocycles. The fourth-order valence-corrected chi connectivity index (χ4v) is 3.00. The van der Waals surface area contributed by atoms with Gasteiger partial charge in [-0.05, 0) is 50.2 Å². The molecule has 1 amide bonds. The number of amides is 1. The lowest BCUT2D eigenvalue weighted by molar-refractivity contribution is 0.0950. The van der Waals surface area contributed by atoms with Crippen molar-refractivity contribution in [3.05, 3.63) is 71.4 Å². The number of carbonyl (C=O) groups excluding carboxylic acids is 1. The van der Waals surface area contributed by atoms with E-state index in [9.17, 15) is 4.79 Å². The molecule has 146 valence electrons. The minimum absolute atomic E-state index is 0.150. The number of hydrogen-bond acceptors (Lipinski definition) is 6. The van der Waals surface area contributed by atoms with Crippen LogP contribution in [0.25, 0.3) is 11.0 Å². The molecule has 3 aromatic heterocycles. The van der Waals surface area contributed by atoms with E-state index in [0.717, 1.165) is 22.6 Å². The monoisotopic (exact) mass is 387 g/mol. The molecule has 4 aromatic rings. The molecule has 8 heteroatoms. The zero-order valence-corrected chi connectivity index (χ0v) is 16.5. The quantitative estimate of drug-likeness (QED) is 0.546. The first kappa shape index (κ1) is 18.5. The van der Waals surface area contributed by atoms with Crippen molar-refractivity contribution in [2.75, 3.05) is 5.32 Å². The number of carbonyl (C=O) groups is 1. The second kappa shape index (κ2) is 7.67. The Hall–Kier alpha value is -3.81. The van der Waals surface area contributed by atoms with E-state index in [1.165, 1.54) is 0 Å². The summed E-state index contributed by atoms with van der Waals surface area (Å²) in [4.78, 5) is 25.5. The van der Waals surface area contributed by atoms with E-state index in [0.29, 0.717) is 29.3 Å². The van der Waals surface area contributed by atoms with E-state index in [-0.39, 0.29) is 5.91 Å². The van der Waals surface area contributed by atoms with Gasteiger partial charge in [0.05, 0.1) is 17.9 Å². The van der Waals surface area contributed by atoms with Crippen molar-refractivity contribution < 1.29 is 4.79 Å². The van der Waals surface area contributed by atoms with Crippen molar-refractivity contribution in [2.45, 2.75) is 20.4 Å². The van der Waals surface area contributed by atoms with Gasteiger partial charge in [-0.25, -0.2) is 9.97 Å². The molecule has 4 rings (SSSR count). The van der Waals surface area contributed by atoms with Crippen LogP contribution in [0.5, 0.6) is 0 Å². The predicted molar refractivity (Wildman–Crippen MR) is 111 cm³/mol. The maximum Gasteiger partial charge on any atom is 0.251 e. The van der Waals surface area contributed by atoms with Gasteiger partial charge in [0.1, 0.15) is 11.3 Å². The first-order valence-electron chi connectivity index (χ1n) is 9.24. The van der Waals surface area contributed by atoms with Crippen LogP contribution in [0.2, 0.25) is 0 Å². The summed E-state index contributed by atoms with van der Waals surface area (Å²) in [5.74, 6) is 1.16. The van der Waals surface area contributed by atoms with Gasteiger partial charge in [-0.1, -0.05) is 6.07 Å². The average molecular weight is 387 g/mol. The van der Waals surface area contributed by atoms with Crippen molar-refractivity contribution in [3.8, 4) is 0 Å². The molecule has 0 aliphatic carbocycles. The number of pyridine rings is 1. The first-order chi connectivity index (χ1) is 14.0. The molecular weight excluding hydrogens is 366 g/mol. The highest BCUT2D eigenvalue weighted by atomic mass is 16.1.